The Morgan fingerprint density at radius 2 is 2.27 bits per heavy atom. The van der Waals surface area contributed by atoms with Gasteiger partial charge < -0.3 is 5.11 Å². The van der Waals surface area contributed by atoms with Crippen molar-refractivity contribution >= 4 is 11.6 Å². The predicted molar refractivity (Wildman–Crippen MR) is 42.0 cm³/mol. The van der Waals surface area contributed by atoms with Crippen molar-refractivity contribution in [1.82, 2.24) is 0 Å². The Morgan fingerprint density at radius 3 is 2.91 bits per heavy atom. The van der Waals surface area contributed by atoms with Crippen LogP contribution in [0.15, 0.2) is 23.3 Å². The number of hydrogen-bond donors (Lipinski definition) is 2. The quantitative estimate of drug-likeness (QED) is 0.659. The monoisotopic (exact) mass is 170 g/mol. The number of nitrogens with one attached hydrogen (secondary N) is 1. The fourth-order valence-corrected chi connectivity index (χ4v) is 0.961. The fraction of sp³-hybridized carbons (Fsp3) is 0.143. The summed E-state index contributed by atoms with van der Waals surface area (Å²) >= 11 is 5.64. The summed E-state index contributed by atoms with van der Waals surface area (Å²) in [5, 5.41) is 12.8. The van der Waals surface area contributed by atoms with Crippen LogP contribution in [-0.2, 0) is 6.54 Å². The van der Waals surface area contributed by atoms with E-state index in [0.29, 0.717) is 10.6 Å². The van der Waals surface area contributed by atoms with E-state index in [0.717, 1.165) is 0 Å². The van der Waals surface area contributed by atoms with Crippen molar-refractivity contribution in [3.05, 3.63) is 28.8 Å². The molecule has 0 unspecified atom stereocenters. The number of rotatable bonds is 2. The van der Waals surface area contributed by atoms with Gasteiger partial charge in [0.15, 0.2) is 0 Å². The summed E-state index contributed by atoms with van der Waals surface area (Å²) in [6.07, 6.45) is 0. The summed E-state index contributed by atoms with van der Waals surface area (Å²) in [6.45, 7) is 0.173. The van der Waals surface area contributed by atoms with Gasteiger partial charge >= 0.3 is 0 Å². The van der Waals surface area contributed by atoms with Gasteiger partial charge in [-0.05, 0) is 18.2 Å². The Balaban J connectivity index is 3.01. The second-order valence-electron chi connectivity index (χ2n) is 2.09. The lowest BCUT2D eigenvalue weighted by molar-refractivity contribution is 0.468. The zero-order chi connectivity index (χ0) is 8.27. The number of halogens is 1. The zero-order valence-electron chi connectivity index (χ0n) is 5.71. The summed E-state index contributed by atoms with van der Waals surface area (Å²) in [5.74, 6) is 0.130. The molecule has 58 valence electrons. The number of nitrogens with zero attached hydrogens (tertiary/aromatic N) is 1. The normalized spacial score (nSPS) is 9.55. The van der Waals surface area contributed by atoms with Crippen LogP contribution in [0.1, 0.15) is 5.56 Å². The van der Waals surface area contributed by atoms with E-state index in [-0.39, 0.29) is 12.3 Å². The van der Waals surface area contributed by atoms with Crippen LogP contribution in [-0.4, -0.2) is 5.11 Å². The zero-order valence-corrected chi connectivity index (χ0v) is 6.47. The van der Waals surface area contributed by atoms with Gasteiger partial charge in [0.05, 0.1) is 6.54 Å². The molecule has 0 aliphatic rings. The van der Waals surface area contributed by atoms with E-state index in [1.165, 1.54) is 6.07 Å². The first kappa shape index (κ1) is 8.01. The van der Waals surface area contributed by atoms with Crippen molar-refractivity contribution in [3.63, 3.8) is 0 Å². The number of phenols is 1. The molecule has 1 rings (SSSR count). The molecular formula is C7H7ClN2O. The van der Waals surface area contributed by atoms with E-state index < -0.39 is 0 Å². The Labute approximate surface area is 69.1 Å². The van der Waals surface area contributed by atoms with Gasteiger partial charge in [0.1, 0.15) is 5.75 Å². The maximum atomic E-state index is 9.16. The van der Waals surface area contributed by atoms with Crippen LogP contribution in [0.25, 0.3) is 0 Å². The highest BCUT2D eigenvalue weighted by Gasteiger charge is 1.99. The Morgan fingerprint density at radius 1 is 1.55 bits per heavy atom. The molecule has 0 saturated carbocycles. The van der Waals surface area contributed by atoms with Crippen LogP contribution in [0.5, 0.6) is 5.75 Å². The third-order valence-corrected chi connectivity index (χ3v) is 1.53. The van der Waals surface area contributed by atoms with E-state index >= 15 is 0 Å². The number of hydrogen-bond acceptors (Lipinski definition) is 3. The first-order valence-corrected chi connectivity index (χ1v) is 3.42. The largest absolute Gasteiger partial charge is 0.508 e. The highest BCUT2D eigenvalue weighted by molar-refractivity contribution is 6.30. The minimum atomic E-state index is 0.130. The summed E-state index contributed by atoms with van der Waals surface area (Å²) in [7, 11) is 0. The maximum Gasteiger partial charge on any atom is 0.120 e. The van der Waals surface area contributed by atoms with Crippen molar-refractivity contribution in [2.45, 2.75) is 6.54 Å². The van der Waals surface area contributed by atoms with Gasteiger partial charge in [-0.15, -0.1) is 0 Å². The summed E-state index contributed by atoms with van der Waals surface area (Å²) in [6, 6.07) is 4.67. The molecule has 0 atom stereocenters. The smallest absolute Gasteiger partial charge is 0.120 e. The number of benzene rings is 1. The lowest BCUT2D eigenvalue weighted by Crippen LogP contribution is -1.80. The predicted octanol–water partition coefficient (Wildman–Crippen LogP) is 2.58. The van der Waals surface area contributed by atoms with Gasteiger partial charge in [-0.2, -0.15) is 5.11 Å². The molecule has 0 spiro atoms. The highest BCUT2D eigenvalue weighted by Crippen LogP contribution is 2.21. The molecule has 0 heterocycles. The maximum absolute atomic E-state index is 9.16. The molecular weight excluding hydrogens is 164 g/mol. The summed E-state index contributed by atoms with van der Waals surface area (Å²) in [5.41, 5.74) is 7.15. The van der Waals surface area contributed by atoms with Crippen LogP contribution in [0.2, 0.25) is 5.02 Å². The van der Waals surface area contributed by atoms with E-state index in [4.69, 9.17) is 22.2 Å². The average Bonchev–Trinajstić information content (AvgIpc) is 1.98. The molecule has 0 saturated heterocycles. The number of phenolic OH excluding ortho intramolecular Hbond substituents is 1. The first-order valence-electron chi connectivity index (χ1n) is 3.04. The summed E-state index contributed by atoms with van der Waals surface area (Å²) in [4.78, 5) is 0. The summed E-state index contributed by atoms with van der Waals surface area (Å²) < 4.78 is 0. The van der Waals surface area contributed by atoms with E-state index in [2.05, 4.69) is 5.11 Å². The molecule has 0 aliphatic carbocycles. The van der Waals surface area contributed by atoms with Gasteiger partial charge in [0.25, 0.3) is 0 Å². The Bertz CT molecular complexity index is 275. The third-order valence-electron chi connectivity index (χ3n) is 1.29. The Hall–Kier alpha value is -1.09. The van der Waals surface area contributed by atoms with Crippen LogP contribution >= 0.6 is 11.6 Å². The van der Waals surface area contributed by atoms with Crippen molar-refractivity contribution in [2.24, 2.45) is 5.11 Å². The second kappa shape index (κ2) is 3.34. The van der Waals surface area contributed by atoms with Crippen LogP contribution in [0.3, 0.4) is 0 Å². The molecule has 0 aliphatic heterocycles. The molecule has 0 fully saturated rings. The van der Waals surface area contributed by atoms with Gasteiger partial charge in [-0.1, -0.05) is 11.6 Å². The third kappa shape index (κ3) is 1.91. The minimum absolute atomic E-state index is 0.130. The minimum Gasteiger partial charge on any atom is -0.508 e. The molecule has 0 radical (unpaired) electrons. The second-order valence-corrected chi connectivity index (χ2v) is 2.53. The Kier molecular flexibility index (Phi) is 2.44. The van der Waals surface area contributed by atoms with Gasteiger partial charge in [0, 0.05) is 10.6 Å². The standard InChI is InChI=1S/C7H7ClN2O/c8-6-1-2-7(11)5(3-6)4-10-9/h1-3,9,11H,4H2. The van der Waals surface area contributed by atoms with Gasteiger partial charge in [-0.3, -0.25) is 0 Å². The van der Waals surface area contributed by atoms with Crippen molar-refractivity contribution in [2.75, 3.05) is 0 Å². The highest BCUT2D eigenvalue weighted by atomic mass is 35.5. The number of aromatic hydroxyl groups is 1. The SMILES string of the molecule is N=NCc1cc(Cl)ccc1O. The van der Waals surface area contributed by atoms with Crippen molar-refractivity contribution < 1.29 is 5.11 Å². The molecule has 1 aromatic carbocycles. The molecule has 4 heteroatoms. The lowest BCUT2D eigenvalue weighted by atomic mass is 10.2. The first-order chi connectivity index (χ1) is 5.24. The average molecular weight is 171 g/mol. The molecule has 1 aromatic rings. The van der Waals surface area contributed by atoms with Gasteiger partial charge in [0.2, 0.25) is 0 Å². The van der Waals surface area contributed by atoms with Crippen molar-refractivity contribution in [3.8, 4) is 5.75 Å². The molecule has 2 N–H and O–H groups in total. The van der Waals surface area contributed by atoms with Crippen molar-refractivity contribution in [1.29, 1.82) is 5.53 Å². The lowest BCUT2D eigenvalue weighted by Gasteiger charge is -1.99. The molecule has 0 amide bonds. The van der Waals surface area contributed by atoms with E-state index in [1.54, 1.807) is 12.1 Å². The van der Waals surface area contributed by atoms with Crippen LogP contribution in [0, 0.1) is 5.53 Å². The van der Waals surface area contributed by atoms with E-state index in [9.17, 15) is 0 Å². The topological polar surface area (TPSA) is 56.4 Å². The molecule has 0 bridgehead atoms. The van der Waals surface area contributed by atoms with Crippen LogP contribution in [0.4, 0.5) is 0 Å². The van der Waals surface area contributed by atoms with Crippen LogP contribution < -0.4 is 0 Å². The van der Waals surface area contributed by atoms with Gasteiger partial charge in [-0.25, -0.2) is 5.53 Å². The fourth-order valence-electron chi connectivity index (χ4n) is 0.766. The molecule has 11 heavy (non-hydrogen) atoms. The molecule has 0 aromatic heterocycles. The van der Waals surface area contributed by atoms with E-state index in [1.807, 2.05) is 0 Å². The molecule has 3 nitrogen and oxygen atoms in total.